The summed E-state index contributed by atoms with van der Waals surface area (Å²) in [7, 11) is 0. The van der Waals surface area contributed by atoms with Crippen molar-refractivity contribution < 1.29 is 4.79 Å². The van der Waals surface area contributed by atoms with Gasteiger partial charge in [-0.1, -0.05) is 0 Å². The van der Waals surface area contributed by atoms with Crippen LogP contribution in [-0.4, -0.2) is 10.2 Å². The van der Waals surface area contributed by atoms with Gasteiger partial charge in [-0.25, -0.2) is 4.98 Å². The Hall–Kier alpha value is -0.920. The number of aromatic nitrogens is 1. The molecule has 0 radical (unpaired) electrons. The second-order valence-electron chi connectivity index (χ2n) is 1.94. The highest BCUT2D eigenvalue weighted by molar-refractivity contribution is 9.10. The lowest BCUT2D eigenvalue weighted by atomic mass is 10.3. The third-order valence-electron chi connectivity index (χ3n) is 1.17. The van der Waals surface area contributed by atoms with E-state index >= 15 is 0 Å². The van der Waals surface area contributed by atoms with E-state index in [1.165, 1.54) is 12.3 Å². The minimum absolute atomic E-state index is 0.233. The highest BCUT2D eigenvalue weighted by atomic mass is 79.9. The Morgan fingerprint density at radius 1 is 1.75 bits per heavy atom. The van der Waals surface area contributed by atoms with Crippen LogP contribution < -0.4 is 0 Å². The van der Waals surface area contributed by atoms with E-state index in [2.05, 4.69) is 20.9 Å². The van der Waals surface area contributed by atoms with Gasteiger partial charge in [-0.15, -0.1) is 0 Å². The van der Waals surface area contributed by atoms with Crippen LogP contribution in [0.15, 0.2) is 16.7 Å². The summed E-state index contributed by atoms with van der Waals surface area (Å²) in [6, 6.07) is 3.31. The monoisotopic (exact) mass is 244 g/mol. The average molecular weight is 245 g/mol. The number of halogens is 2. The molecule has 1 aromatic rings. The van der Waals surface area contributed by atoms with Crippen LogP contribution in [0.1, 0.15) is 16.1 Å². The summed E-state index contributed by atoms with van der Waals surface area (Å²) < 4.78 is 0.469. The van der Waals surface area contributed by atoms with Crippen molar-refractivity contribution in [1.82, 2.24) is 4.98 Å². The molecule has 60 valence electrons. The minimum atomic E-state index is -0.590. The van der Waals surface area contributed by atoms with Crippen molar-refractivity contribution in [2.24, 2.45) is 0 Å². The Morgan fingerprint density at radius 3 is 2.83 bits per heavy atom. The quantitative estimate of drug-likeness (QED) is 0.712. The van der Waals surface area contributed by atoms with Crippen LogP contribution in [0.2, 0.25) is 0 Å². The first-order chi connectivity index (χ1) is 5.65. The van der Waals surface area contributed by atoms with Crippen molar-refractivity contribution in [2.75, 3.05) is 0 Å². The minimum Gasteiger partial charge on any atom is -0.276 e. The van der Waals surface area contributed by atoms with E-state index in [0.717, 1.165) is 0 Å². The molecule has 0 N–H and O–H groups in total. The lowest BCUT2D eigenvalue weighted by Gasteiger charge is -1.95. The molecule has 0 spiro atoms. The van der Waals surface area contributed by atoms with Crippen molar-refractivity contribution in [3.63, 3.8) is 0 Å². The van der Waals surface area contributed by atoms with Gasteiger partial charge in [-0.3, -0.25) is 4.79 Å². The van der Waals surface area contributed by atoms with Gasteiger partial charge in [0.25, 0.3) is 5.24 Å². The standard InChI is InChI=1S/C7H2BrClN2O/c8-5-1-4(7(9)12)3-11-6(5)2-10/h1,3H. The van der Waals surface area contributed by atoms with E-state index in [9.17, 15) is 4.79 Å². The molecule has 0 aromatic carbocycles. The Labute approximate surface area is 82.1 Å². The van der Waals surface area contributed by atoms with Gasteiger partial charge in [0.15, 0.2) is 5.69 Å². The van der Waals surface area contributed by atoms with Gasteiger partial charge in [0.05, 0.1) is 10.0 Å². The van der Waals surface area contributed by atoms with Gasteiger partial charge in [0.2, 0.25) is 0 Å². The fourth-order valence-electron chi connectivity index (χ4n) is 0.628. The molecule has 0 unspecified atom stereocenters. The Morgan fingerprint density at radius 2 is 2.42 bits per heavy atom. The maximum Gasteiger partial charge on any atom is 0.253 e. The van der Waals surface area contributed by atoms with Gasteiger partial charge >= 0.3 is 0 Å². The van der Waals surface area contributed by atoms with Gasteiger partial charge in [0, 0.05) is 6.20 Å². The summed E-state index contributed by atoms with van der Waals surface area (Å²) in [5, 5.41) is 7.90. The van der Waals surface area contributed by atoms with Crippen molar-refractivity contribution in [3.05, 3.63) is 28.0 Å². The molecule has 5 heteroatoms. The first-order valence-electron chi connectivity index (χ1n) is 2.90. The van der Waals surface area contributed by atoms with Crippen LogP contribution in [0.25, 0.3) is 0 Å². The molecule has 0 saturated carbocycles. The van der Waals surface area contributed by atoms with E-state index in [0.29, 0.717) is 4.47 Å². The summed E-state index contributed by atoms with van der Waals surface area (Å²) in [5.41, 5.74) is 0.499. The summed E-state index contributed by atoms with van der Waals surface area (Å²) in [6.45, 7) is 0. The zero-order valence-corrected chi connectivity index (χ0v) is 8.06. The lowest BCUT2D eigenvalue weighted by molar-refractivity contribution is 0.108. The predicted octanol–water partition coefficient (Wildman–Crippen LogP) is 2.09. The maximum atomic E-state index is 10.6. The third-order valence-corrected chi connectivity index (χ3v) is 2.00. The van der Waals surface area contributed by atoms with E-state index in [1.54, 1.807) is 0 Å². The summed E-state index contributed by atoms with van der Waals surface area (Å²) in [5.74, 6) is 0. The fraction of sp³-hybridized carbons (Fsp3) is 0. The SMILES string of the molecule is N#Cc1ncc(C(=O)Cl)cc1Br. The highest BCUT2D eigenvalue weighted by Crippen LogP contribution is 2.16. The second-order valence-corrected chi connectivity index (χ2v) is 3.14. The van der Waals surface area contributed by atoms with Crippen LogP contribution >= 0.6 is 27.5 Å². The average Bonchev–Trinajstić information content (AvgIpc) is 2.04. The number of carbonyl (C=O) groups excluding carboxylic acids is 1. The molecular weight excluding hydrogens is 243 g/mol. The van der Waals surface area contributed by atoms with Crippen LogP contribution in [0.3, 0.4) is 0 Å². The molecular formula is C7H2BrClN2O. The third kappa shape index (κ3) is 1.81. The van der Waals surface area contributed by atoms with Gasteiger partial charge < -0.3 is 0 Å². The number of rotatable bonds is 1. The molecule has 0 atom stereocenters. The van der Waals surface area contributed by atoms with E-state index in [1.807, 2.05) is 6.07 Å². The summed E-state index contributed by atoms with van der Waals surface area (Å²) >= 11 is 8.27. The van der Waals surface area contributed by atoms with Crippen molar-refractivity contribution >= 4 is 32.8 Å². The molecule has 3 nitrogen and oxygen atoms in total. The van der Waals surface area contributed by atoms with E-state index in [-0.39, 0.29) is 11.3 Å². The Kier molecular flexibility index (Phi) is 2.79. The molecule has 0 aliphatic rings. The van der Waals surface area contributed by atoms with Crippen LogP contribution in [0.5, 0.6) is 0 Å². The maximum absolute atomic E-state index is 10.6. The molecule has 0 amide bonds. The predicted molar refractivity (Wildman–Crippen MR) is 46.8 cm³/mol. The van der Waals surface area contributed by atoms with Crippen molar-refractivity contribution in [2.45, 2.75) is 0 Å². The van der Waals surface area contributed by atoms with E-state index in [4.69, 9.17) is 16.9 Å². The zero-order chi connectivity index (χ0) is 9.14. The summed E-state index contributed by atoms with van der Waals surface area (Å²) in [6.07, 6.45) is 1.26. The molecule has 1 heterocycles. The van der Waals surface area contributed by atoms with Crippen LogP contribution in [0.4, 0.5) is 0 Å². The summed E-state index contributed by atoms with van der Waals surface area (Å²) in [4.78, 5) is 14.3. The van der Waals surface area contributed by atoms with Crippen molar-refractivity contribution in [1.29, 1.82) is 5.26 Å². The van der Waals surface area contributed by atoms with Gasteiger partial charge in [0.1, 0.15) is 6.07 Å². The van der Waals surface area contributed by atoms with Crippen LogP contribution in [-0.2, 0) is 0 Å². The normalized spacial score (nSPS) is 9.08. The highest BCUT2D eigenvalue weighted by Gasteiger charge is 2.06. The first-order valence-corrected chi connectivity index (χ1v) is 4.07. The van der Waals surface area contributed by atoms with Crippen LogP contribution in [0, 0.1) is 11.3 Å². The largest absolute Gasteiger partial charge is 0.276 e. The molecule has 0 bridgehead atoms. The molecule has 0 aliphatic heterocycles. The van der Waals surface area contributed by atoms with Crippen molar-refractivity contribution in [3.8, 4) is 6.07 Å². The van der Waals surface area contributed by atoms with Gasteiger partial charge in [-0.05, 0) is 33.6 Å². The number of hydrogen-bond donors (Lipinski definition) is 0. The molecule has 0 fully saturated rings. The van der Waals surface area contributed by atoms with Gasteiger partial charge in [-0.2, -0.15) is 5.26 Å². The number of nitrogens with zero attached hydrogens (tertiary/aromatic N) is 2. The zero-order valence-electron chi connectivity index (χ0n) is 5.71. The molecule has 12 heavy (non-hydrogen) atoms. The number of hydrogen-bond acceptors (Lipinski definition) is 3. The Balaban J connectivity index is 3.21. The van der Waals surface area contributed by atoms with E-state index < -0.39 is 5.24 Å². The molecule has 0 saturated heterocycles. The fourth-order valence-corrected chi connectivity index (χ4v) is 1.17. The number of carbonyl (C=O) groups is 1. The second kappa shape index (κ2) is 3.65. The smallest absolute Gasteiger partial charge is 0.253 e. The topological polar surface area (TPSA) is 53.8 Å². The molecule has 1 aromatic heterocycles. The molecule has 1 rings (SSSR count). The number of pyridine rings is 1. The molecule has 0 aliphatic carbocycles. The first kappa shape index (κ1) is 9.17. The Bertz CT molecular complexity index is 372. The lowest BCUT2D eigenvalue weighted by Crippen LogP contribution is -1.92. The number of nitriles is 1.